The zero-order chi connectivity index (χ0) is 18.5. The van der Waals surface area contributed by atoms with E-state index in [0.29, 0.717) is 11.1 Å². The highest BCUT2D eigenvalue weighted by Crippen LogP contribution is 2.26. The molecule has 0 heterocycles. The fraction of sp³-hybridized carbons (Fsp3) is 0. The van der Waals surface area contributed by atoms with Crippen molar-refractivity contribution in [3.8, 4) is 22.3 Å². The summed E-state index contributed by atoms with van der Waals surface area (Å²) in [6.45, 7) is 7.06. The van der Waals surface area contributed by atoms with Crippen molar-refractivity contribution in [3.63, 3.8) is 0 Å². The van der Waals surface area contributed by atoms with Gasteiger partial charge >= 0.3 is 0 Å². The summed E-state index contributed by atoms with van der Waals surface area (Å²) in [6.07, 6.45) is 2.64. The molecule has 26 heavy (non-hydrogen) atoms. The Morgan fingerprint density at radius 1 is 0.577 bits per heavy atom. The first-order valence-electron chi connectivity index (χ1n) is 8.27. The van der Waals surface area contributed by atoms with Gasteiger partial charge in [0.15, 0.2) is 11.6 Å². The largest absolute Gasteiger partial charge is 0.289 e. The molecule has 0 unspecified atom stereocenters. The lowest BCUT2D eigenvalue weighted by atomic mass is 9.97. The minimum absolute atomic E-state index is 0.0906. The lowest BCUT2D eigenvalue weighted by Gasteiger charge is -2.07. The first-order valence-corrected chi connectivity index (χ1v) is 8.27. The van der Waals surface area contributed by atoms with Crippen molar-refractivity contribution in [2.24, 2.45) is 0 Å². The minimum atomic E-state index is -0.0906. The van der Waals surface area contributed by atoms with E-state index in [1.54, 1.807) is 12.1 Å². The van der Waals surface area contributed by atoms with Crippen LogP contribution in [0.25, 0.3) is 22.3 Å². The molecule has 0 amide bonds. The molecule has 0 saturated carbocycles. The van der Waals surface area contributed by atoms with Gasteiger partial charge in [-0.3, -0.25) is 9.59 Å². The Balaban J connectivity index is 1.92. The average Bonchev–Trinajstić information content (AvgIpc) is 2.73. The monoisotopic (exact) mass is 338 g/mol. The van der Waals surface area contributed by atoms with Crippen LogP contribution in [-0.2, 0) is 0 Å². The summed E-state index contributed by atoms with van der Waals surface area (Å²) < 4.78 is 0. The fourth-order valence-corrected chi connectivity index (χ4v) is 2.79. The van der Waals surface area contributed by atoms with E-state index >= 15 is 0 Å². The van der Waals surface area contributed by atoms with Gasteiger partial charge in [0.05, 0.1) is 0 Å². The van der Waals surface area contributed by atoms with Crippen molar-refractivity contribution in [3.05, 3.63) is 109 Å². The van der Waals surface area contributed by atoms with Crippen LogP contribution in [-0.4, -0.2) is 11.6 Å². The van der Waals surface area contributed by atoms with Crippen LogP contribution in [0.4, 0.5) is 0 Å². The third kappa shape index (κ3) is 3.60. The molecule has 0 aliphatic carbocycles. The second-order valence-electron chi connectivity index (χ2n) is 5.88. The maximum Gasteiger partial charge on any atom is 0.185 e. The maximum absolute atomic E-state index is 11.8. The van der Waals surface area contributed by atoms with Crippen LogP contribution in [0.2, 0.25) is 0 Å². The predicted octanol–water partition coefficient (Wildman–Crippen LogP) is 5.76. The number of hydrogen-bond donors (Lipinski definition) is 0. The Kier molecular flexibility index (Phi) is 5.04. The average molecular weight is 338 g/mol. The minimum Gasteiger partial charge on any atom is -0.289 e. The zero-order valence-corrected chi connectivity index (χ0v) is 14.3. The topological polar surface area (TPSA) is 34.1 Å². The third-order valence-corrected chi connectivity index (χ3v) is 4.22. The number of hydrogen-bond acceptors (Lipinski definition) is 2. The fourth-order valence-electron chi connectivity index (χ4n) is 2.79. The molecule has 0 N–H and O–H groups in total. The number of carbonyl (C=O) groups is 2. The Morgan fingerprint density at radius 3 is 1.31 bits per heavy atom. The molecule has 0 spiro atoms. The van der Waals surface area contributed by atoms with Crippen LogP contribution >= 0.6 is 0 Å². The van der Waals surface area contributed by atoms with E-state index in [2.05, 4.69) is 13.2 Å². The van der Waals surface area contributed by atoms with Crippen molar-refractivity contribution in [2.45, 2.75) is 0 Å². The van der Waals surface area contributed by atoms with Crippen LogP contribution in [0, 0.1) is 0 Å². The molecule has 126 valence electrons. The van der Waals surface area contributed by atoms with Crippen LogP contribution in [0.1, 0.15) is 20.7 Å². The smallest absolute Gasteiger partial charge is 0.185 e. The zero-order valence-electron chi connectivity index (χ0n) is 14.3. The second-order valence-corrected chi connectivity index (χ2v) is 5.88. The molecule has 3 rings (SSSR count). The first kappa shape index (κ1) is 17.3. The van der Waals surface area contributed by atoms with E-state index in [0.717, 1.165) is 22.3 Å². The molecule has 0 saturated heterocycles. The van der Waals surface area contributed by atoms with E-state index in [4.69, 9.17) is 0 Å². The van der Waals surface area contributed by atoms with Crippen LogP contribution in [0.3, 0.4) is 0 Å². The molecule has 2 heteroatoms. The Labute approximate surface area is 153 Å². The molecule has 0 bridgehead atoms. The van der Waals surface area contributed by atoms with Gasteiger partial charge in [-0.05, 0) is 46.5 Å². The molecule has 0 radical (unpaired) electrons. The lowest BCUT2D eigenvalue weighted by Crippen LogP contribution is -1.94. The first-order chi connectivity index (χ1) is 12.6. The van der Waals surface area contributed by atoms with Crippen molar-refractivity contribution >= 4 is 11.6 Å². The summed E-state index contributed by atoms with van der Waals surface area (Å²) in [4.78, 5) is 23.6. The molecule has 0 aromatic heterocycles. The Morgan fingerprint density at radius 2 is 0.962 bits per heavy atom. The highest BCUT2D eigenvalue weighted by molar-refractivity contribution is 6.05. The molecular formula is C24H18O2. The van der Waals surface area contributed by atoms with Gasteiger partial charge in [-0.25, -0.2) is 0 Å². The summed E-state index contributed by atoms with van der Waals surface area (Å²) in [5, 5.41) is 0. The SMILES string of the molecule is C=CC(=O)c1cccc(-c2ccc(-c3cccc(C(=O)C=C)c3)cc2)c1. The molecular weight excluding hydrogens is 320 g/mol. The van der Waals surface area contributed by atoms with Gasteiger partial charge in [-0.2, -0.15) is 0 Å². The van der Waals surface area contributed by atoms with E-state index in [-0.39, 0.29) is 11.6 Å². The Bertz CT molecular complexity index is 912. The third-order valence-electron chi connectivity index (χ3n) is 4.22. The van der Waals surface area contributed by atoms with Crippen LogP contribution in [0.5, 0.6) is 0 Å². The van der Waals surface area contributed by atoms with Gasteiger partial charge in [0.1, 0.15) is 0 Å². The van der Waals surface area contributed by atoms with E-state index in [1.165, 1.54) is 12.2 Å². The molecule has 3 aromatic rings. The number of allylic oxidation sites excluding steroid dienone is 2. The van der Waals surface area contributed by atoms with Crippen LogP contribution in [0.15, 0.2) is 98.1 Å². The molecule has 0 aliphatic heterocycles. The van der Waals surface area contributed by atoms with Crippen molar-refractivity contribution in [2.75, 3.05) is 0 Å². The van der Waals surface area contributed by atoms with E-state index < -0.39 is 0 Å². The predicted molar refractivity (Wildman–Crippen MR) is 106 cm³/mol. The highest BCUT2D eigenvalue weighted by atomic mass is 16.1. The number of benzene rings is 3. The normalized spacial score (nSPS) is 10.2. The standard InChI is InChI=1S/C24H18O2/c1-3-23(25)21-9-5-7-19(15-21)17-11-13-18(14-12-17)20-8-6-10-22(16-20)24(26)4-2/h3-16H,1-2H2. The van der Waals surface area contributed by atoms with Crippen molar-refractivity contribution in [1.82, 2.24) is 0 Å². The van der Waals surface area contributed by atoms with Gasteiger partial charge < -0.3 is 0 Å². The van der Waals surface area contributed by atoms with Gasteiger partial charge in [-0.15, -0.1) is 0 Å². The summed E-state index contributed by atoms with van der Waals surface area (Å²) in [7, 11) is 0. The number of ketones is 2. The maximum atomic E-state index is 11.8. The lowest BCUT2D eigenvalue weighted by molar-refractivity contribution is 0.103. The summed E-state index contributed by atoms with van der Waals surface area (Å²) in [5.41, 5.74) is 5.23. The van der Waals surface area contributed by atoms with Gasteiger partial charge in [-0.1, -0.05) is 73.8 Å². The quantitative estimate of drug-likeness (QED) is 0.423. The van der Waals surface area contributed by atoms with E-state index in [9.17, 15) is 9.59 Å². The number of rotatable bonds is 6. The summed E-state index contributed by atoms with van der Waals surface area (Å²) in [6, 6.07) is 23.0. The molecule has 3 aromatic carbocycles. The van der Waals surface area contributed by atoms with E-state index in [1.807, 2.05) is 60.7 Å². The van der Waals surface area contributed by atoms with Gasteiger partial charge in [0.25, 0.3) is 0 Å². The summed E-state index contributed by atoms with van der Waals surface area (Å²) in [5.74, 6) is -0.181. The summed E-state index contributed by atoms with van der Waals surface area (Å²) >= 11 is 0. The molecule has 2 nitrogen and oxygen atoms in total. The Hall–Kier alpha value is -3.52. The highest BCUT2D eigenvalue weighted by Gasteiger charge is 2.06. The molecule has 0 atom stereocenters. The molecule has 0 fully saturated rings. The van der Waals surface area contributed by atoms with Crippen LogP contribution < -0.4 is 0 Å². The molecule has 0 aliphatic rings. The van der Waals surface area contributed by atoms with Gasteiger partial charge in [0.2, 0.25) is 0 Å². The number of carbonyl (C=O) groups excluding carboxylic acids is 2. The van der Waals surface area contributed by atoms with Gasteiger partial charge in [0, 0.05) is 11.1 Å². The van der Waals surface area contributed by atoms with Crippen molar-refractivity contribution in [1.29, 1.82) is 0 Å². The van der Waals surface area contributed by atoms with Crippen molar-refractivity contribution < 1.29 is 9.59 Å². The second kappa shape index (κ2) is 7.58.